The molecule has 0 amide bonds. The molecule has 0 unspecified atom stereocenters. The second-order valence-corrected chi connectivity index (χ2v) is 7.33. The molecule has 6 heteroatoms. The standard InChI is InChI=1S/C27H23NO5/c1-31-21-11-6-10-20(16-21)23-12-7-13-25(28(29)30)27(23)24-15-14-22(32-2)17-26(24)33-18-19-8-4-3-5-9-19/h3-17H,18H2,1-2H3. The molecule has 6 nitrogen and oxygen atoms in total. The lowest BCUT2D eigenvalue weighted by Crippen LogP contribution is -2.00. The highest BCUT2D eigenvalue weighted by Gasteiger charge is 2.23. The number of benzene rings is 4. The number of methoxy groups -OCH3 is 2. The first-order valence-electron chi connectivity index (χ1n) is 10.4. The van der Waals surface area contributed by atoms with Crippen molar-refractivity contribution in [2.24, 2.45) is 0 Å². The van der Waals surface area contributed by atoms with Crippen LogP contribution in [0.5, 0.6) is 17.2 Å². The van der Waals surface area contributed by atoms with Crippen molar-refractivity contribution in [1.29, 1.82) is 0 Å². The second-order valence-electron chi connectivity index (χ2n) is 7.33. The maximum Gasteiger partial charge on any atom is 0.277 e. The van der Waals surface area contributed by atoms with Crippen molar-refractivity contribution in [2.75, 3.05) is 14.2 Å². The van der Waals surface area contributed by atoms with Gasteiger partial charge in [-0.05, 0) is 41.0 Å². The molecule has 0 heterocycles. The van der Waals surface area contributed by atoms with E-state index in [9.17, 15) is 10.1 Å². The van der Waals surface area contributed by atoms with Gasteiger partial charge in [-0.25, -0.2) is 0 Å². The molecule has 0 aliphatic rings. The molecule has 0 fully saturated rings. The third-order valence-electron chi connectivity index (χ3n) is 5.32. The van der Waals surface area contributed by atoms with E-state index in [0.717, 1.165) is 11.1 Å². The van der Waals surface area contributed by atoms with Crippen molar-refractivity contribution in [1.82, 2.24) is 0 Å². The molecule has 4 rings (SSSR count). The molecule has 0 saturated heterocycles. The molecule has 4 aromatic rings. The maximum atomic E-state index is 12.0. The van der Waals surface area contributed by atoms with Crippen LogP contribution in [0, 0.1) is 10.1 Å². The van der Waals surface area contributed by atoms with E-state index in [2.05, 4.69) is 0 Å². The number of rotatable bonds is 8. The van der Waals surface area contributed by atoms with Gasteiger partial charge in [-0.2, -0.15) is 0 Å². The third kappa shape index (κ3) is 4.80. The van der Waals surface area contributed by atoms with Crippen LogP contribution in [0.25, 0.3) is 22.3 Å². The Hall–Kier alpha value is -4.32. The molecule has 166 valence electrons. The Morgan fingerprint density at radius 3 is 2.21 bits per heavy atom. The summed E-state index contributed by atoms with van der Waals surface area (Å²) in [6, 6.07) is 27.6. The first-order chi connectivity index (χ1) is 16.1. The molecular formula is C27H23NO5. The van der Waals surface area contributed by atoms with Crippen LogP contribution in [-0.4, -0.2) is 19.1 Å². The number of hydrogen-bond donors (Lipinski definition) is 0. The highest BCUT2D eigenvalue weighted by atomic mass is 16.6. The first-order valence-corrected chi connectivity index (χ1v) is 10.4. The van der Waals surface area contributed by atoms with E-state index in [-0.39, 0.29) is 10.6 Å². The van der Waals surface area contributed by atoms with Gasteiger partial charge in [0.2, 0.25) is 0 Å². The minimum Gasteiger partial charge on any atom is -0.497 e. The minimum atomic E-state index is -0.371. The molecule has 0 saturated carbocycles. The van der Waals surface area contributed by atoms with Crippen molar-refractivity contribution in [3.8, 4) is 39.5 Å². The summed E-state index contributed by atoms with van der Waals surface area (Å²) in [4.78, 5) is 11.7. The summed E-state index contributed by atoms with van der Waals surface area (Å²) in [5.41, 5.74) is 3.57. The lowest BCUT2D eigenvalue weighted by atomic mass is 9.92. The van der Waals surface area contributed by atoms with Gasteiger partial charge in [-0.1, -0.05) is 54.6 Å². The molecule has 0 aliphatic heterocycles. The van der Waals surface area contributed by atoms with Gasteiger partial charge in [0.05, 0.1) is 24.7 Å². The average molecular weight is 441 g/mol. The van der Waals surface area contributed by atoms with Gasteiger partial charge in [-0.15, -0.1) is 0 Å². The summed E-state index contributed by atoms with van der Waals surface area (Å²) in [5, 5.41) is 12.0. The normalized spacial score (nSPS) is 10.5. The van der Waals surface area contributed by atoms with Crippen LogP contribution in [0.4, 0.5) is 5.69 Å². The summed E-state index contributed by atoms with van der Waals surface area (Å²) in [6.07, 6.45) is 0. The van der Waals surface area contributed by atoms with Gasteiger partial charge < -0.3 is 14.2 Å². The fourth-order valence-electron chi connectivity index (χ4n) is 3.70. The van der Waals surface area contributed by atoms with E-state index >= 15 is 0 Å². The molecule has 0 N–H and O–H groups in total. The van der Waals surface area contributed by atoms with E-state index in [0.29, 0.717) is 40.5 Å². The van der Waals surface area contributed by atoms with Crippen LogP contribution < -0.4 is 14.2 Å². The van der Waals surface area contributed by atoms with Crippen LogP contribution in [0.3, 0.4) is 0 Å². The van der Waals surface area contributed by atoms with Gasteiger partial charge in [0.1, 0.15) is 23.9 Å². The van der Waals surface area contributed by atoms with Gasteiger partial charge in [0.15, 0.2) is 0 Å². The van der Waals surface area contributed by atoms with Crippen molar-refractivity contribution in [3.63, 3.8) is 0 Å². The zero-order chi connectivity index (χ0) is 23.2. The van der Waals surface area contributed by atoms with Crippen LogP contribution in [0.15, 0.2) is 91.0 Å². The summed E-state index contributed by atoms with van der Waals surface area (Å²) in [7, 11) is 3.16. The maximum absolute atomic E-state index is 12.0. The zero-order valence-corrected chi connectivity index (χ0v) is 18.4. The topological polar surface area (TPSA) is 70.8 Å². The molecule has 4 aromatic carbocycles. The second kappa shape index (κ2) is 9.87. The van der Waals surface area contributed by atoms with E-state index in [1.807, 2.05) is 60.7 Å². The van der Waals surface area contributed by atoms with Crippen LogP contribution >= 0.6 is 0 Å². The van der Waals surface area contributed by atoms with Gasteiger partial charge >= 0.3 is 0 Å². The van der Waals surface area contributed by atoms with Gasteiger partial charge in [0.25, 0.3) is 5.69 Å². The van der Waals surface area contributed by atoms with Crippen LogP contribution in [0.2, 0.25) is 0 Å². The Morgan fingerprint density at radius 1 is 0.758 bits per heavy atom. The van der Waals surface area contributed by atoms with Crippen molar-refractivity contribution in [3.05, 3.63) is 107 Å². The predicted octanol–water partition coefficient (Wildman–Crippen LogP) is 6.53. The predicted molar refractivity (Wildman–Crippen MR) is 128 cm³/mol. The Bertz CT molecular complexity index is 1270. The van der Waals surface area contributed by atoms with Gasteiger partial charge in [0, 0.05) is 17.7 Å². The molecule has 0 aliphatic carbocycles. The fraction of sp³-hybridized carbons (Fsp3) is 0.111. The monoisotopic (exact) mass is 441 g/mol. The first kappa shape index (κ1) is 21.9. The molecule has 0 spiro atoms. The van der Waals surface area contributed by atoms with Crippen molar-refractivity contribution in [2.45, 2.75) is 6.61 Å². The molecule has 0 atom stereocenters. The Kier molecular flexibility index (Phi) is 6.55. The lowest BCUT2D eigenvalue weighted by molar-refractivity contribution is -0.384. The van der Waals surface area contributed by atoms with Gasteiger partial charge in [-0.3, -0.25) is 10.1 Å². The minimum absolute atomic E-state index is 0.00921. The Morgan fingerprint density at radius 2 is 1.48 bits per heavy atom. The molecule has 0 radical (unpaired) electrons. The molecule has 0 aromatic heterocycles. The van der Waals surface area contributed by atoms with E-state index in [4.69, 9.17) is 14.2 Å². The number of nitrogens with zero attached hydrogens (tertiary/aromatic N) is 1. The quantitative estimate of drug-likeness (QED) is 0.230. The number of nitro groups is 1. The number of ether oxygens (including phenoxy) is 3. The Labute approximate surface area is 192 Å². The smallest absolute Gasteiger partial charge is 0.277 e. The lowest BCUT2D eigenvalue weighted by Gasteiger charge is -2.17. The SMILES string of the molecule is COc1cccc(-c2cccc([N+](=O)[O-])c2-c2ccc(OC)cc2OCc2ccccc2)c1. The van der Waals surface area contributed by atoms with Crippen LogP contribution in [-0.2, 0) is 6.61 Å². The van der Waals surface area contributed by atoms with E-state index < -0.39 is 0 Å². The zero-order valence-electron chi connectivity index (χ0n) is 18.4. The van der Waals surface area contributed by atoms with E-state index in [1.54, 1.807) is 38.5 Å². The number of hydrogen-bond acceptors (Lipinski definition) is 5. The van der Waals surface area contributed by atoms with Crippen LogP contribution in [0.1, 0.15) is 5.56 Å². The largest absolute Gasteiger partial charge is 0.497 e. The van der Waals surface area contributed by atoms with Crippen molar-refractivity contribution >= 4 is 5.69 Å². The highest BCUT2D eigenvalue weighted by Crippen LogP contribution is 2.44. The average Bonchev–Trinajstić information content (AvgIpc) is 2.87. The fourth-order valence-corrected chi connectivity index (χ4v) is 3.70. The van der Waals surface area contributed by atoms with E-state index in [1.165, 1.54) is 6.07 Å². The summed E-state index contributed by atoms with van der Waals surface area (Å²) < 4.78 is 16.9. The molecular weight excluding hydrogens is 418 g/mol. The molecule has 33 heavy (non-hydrogen) atoms. The molecule has 0 bridgehead atoms. The summed E-state index contributed by atoms with van der Waals surface area (Å²) in [6.45, 7) is 0.316. The highest BCUT2D eigenvalue weighted by molar-refractivity contribution is 5.92. The number of nitro benzene ring substituents is 1. The summed E-state index contributed by atoms with van der Waals surface area (Å²) in [5.74, 6) is 1.76. The van der Waals surface area contributed by atoms with Crippen molar-refractivity contribution < 1.29 is 19.1 Å². The summed E-state index contributed by atoms with van der Waals surface area (Å²) >= 11 is 0. The third-order valence-corrected chi connectivity index (χ3v) is 5.32. The Balaban J connectivity index is 1.89.